The van der Waals surface area contributed by atoms with Crippen molar-refractivity contribution < 1.29 is 0 Å². The molecule has 0 spiro atoms. The molecule has 3 rings (SSSR count). The van der Waals surface area contributed by atoms with Gasteiger partial charge in [-0.1, -0.05) is 41.4 Å². The molecule has 1 heterocycles. The normalized spacial score (nSPS) is 11.1. The summed E-state index contributed by atoms with van der Waals surface area (Å²) in [5, 5.41) is 11.1. The fourth-order valence-corrected chi connectivity index (χ4v) is 3.04. The third kappa shape index (κ3) is 2.30. The van der Waals surface area contributed by atoms with E-state index in [1.54, 1.807) is 0 Å². The molecule has 0 radical (unpaired) electrons. The zero-order valence-electron chi connectivity index (χ0n) is 12.7. The molecule has 0 unspecified atom stereocenters. The first-order chi connectivity index (χ1) is 9.99. The van der Waals surface area contributed by atoms with Gasteiger partial charge >= 0.3 is 0 Å². The number of nitrogens with zero attached hydrogens (tertiary/aromatic N) is 2. The molecule has 21 heavy (non-hydrogen) atoms. The molecule has 3 heteroatoms. The van der Waals surface area contributed by atoms with Gasteiger partial charge in [0.15, 0.2) is 5.15 Å². The highest BCUT2D eigenvalue weighted by molar-refractivity contribution is 6.35. The summed E-state index contributed by atoms with van der Waals surface area (Å²) in [7, 11) is 0. The monoisotopic (exact) mass is 296 g/mol. The van der Waals surface area contributed by atoms with Crippen LogP contribution in [0.15, 0.2) is 30.3 Å². The zero-order valence-corrected chi connectivity index (χ0v) is 13.4. The SMILES string of the molecule is Cc1ccc(C)c(-c2nnc(Cl)c3c(C)ccc(C)c23)c1. The molecule has 0 aliphatic carbocycles. The van der Waals surface area contributed by atoms with Crippen LogP contribution in [0, 0.1) is 27.7 Å². The lowest BCUT2D eigenvalue weighted by atomic mass is 9.95. The number of rotatable bonds is 1. The van der Waals surface area contributed by atoms with Crippen LogP contribution in [0.2, 0.25) is 5.15 Å². The van der Waals surface area contributed by atoms with Gasteiger partial charge in [0.05, 0.1) is 0 Å². The van der Waals surface area contributed by atoms with Crippen LogP contribution < -0.4 is 0 Å². The van der Waals surface area contributed by atoms with Crippen molar-refractivity contribution in [1.29, 1.82) is 0 Å². The van der Waals surface area contributed by atoms with Crippen LogP contribution in [0.5, 0.6) is 0 Å². The lowest BCUT2D eigenvalue weighted by Gasteiger charge is -2.13. The molecule has 106 valence electrons. The van der Waals surface area contributed by atoms with Gasteiger partial charge in [-0.15, -0.1) is 10.2 Å². The van der Waals surface area contributed by atoms with Gasteiger partial charge < -0.3 is 0 Å². The minimum Gasteiger partial charge on any atom is -0.148 e. The summed E-state index contributed by atoms with van der Waals surface area (Å²) in [6, 6.07) is 10.6. The number of hydrogen-bond donors (Lipinski definition) is 0. The van der Waals surface area contributed by atoms with E-state index in [1.807, 2.05) is 0 Å². The smallest absolute Gasteiger partial charge is 0.148 e. The van der Waals surface area contributed by atoms with Crippen molar-refractivity contribution in [2.24, 2.45) is 0 Å². The Balaban J connectivity index is 2.47. The number of aromatic nitrogens is 2. The van der Waals surface area contributed by atoms with Crippen LogP contribution in [-0.2, 0) is 0 Å². The summed E-state index contributed by atoms with van der Waals surface area (Å²) in [6.45, 7) is 8.34. The summed E-state index contributed by atoms with van der Waals surface area (Å²) < 4.78 is 0. The van der Waals surface area contributed by atoms with E-state index in [4.69, 9.17) is 11.6 Å². The quantitative estimate of drug-likeness (QED) is 0.618. The Morgan fingerprint density at radius 3 is 2.10 bits per heavy atom. The highest BCUT2D eigenvalue weighted by atomic mass is 35.5. The Morgan fingerprint density at radius 2 is 1.38 bits per heavy atom. The predicted molar refractivity (Wildman–Crippen MR) is 88.9 cm³/mol. The number of halogens is 1. The zero-order chi connectivity index (χ0) is 15.1. The predicted octanol–water partition coefficient (Wildman–Crippen LogP) is 5.18. The van der Waals surface area contributed by atoms with E-state index in [2.05, 4.69) is 68.2 Å². The van der Waals surface area contributed by atoms with Crippen molar-refractivity contribution >= 4 is 22.4 Å². The van der Waals surface area contributed by atoms with Crippen LogP contribution in [0.25, 0.3) is 22.0 Å². The van der Waals surface area contributed by atoms with Gasteiger partial charge in [0, 0.05) is 16.3 Å². The van der Waals surface area contributed by atoms with E-state index in [1.165, 1.54) is 16.7 Å². The third-order valence-corrected chi connectivity index (χ3v) is 4.22. The molecule has 3 aromatic rings. The molecular formula is C18H17ClN2. The van der Waals surface area contributed by atoms with Crippen molar-refractivity contribution in [3.63, 3.8) is 0 Å². The van der Waals surface area contributed by atoms with Crippen molar-refractivity contribution in [2.45, 2.75) is 27.7 Å². The Bertz CT molecular complexity index is 845. The topological polar surface area (TPSA) is 25.8 Å². The van der Waals surface area contributed by atoms with Crippen molar-refractivity contribution in [1.82, 2.24) is 10.2 Å². The standard InChI is InChI=1S/C18H17ClN2/c1-10-5-6-11(2)14(9-10)17-15-12(3)7-8-13(4)16(15)18(19)21-20-17/h5-9H,1-4H3. The van der Waals surface area contributed by atoms with Crippen LogP contribution in [0.4, 0.5) is 0 Å². The van der Waals surface area contributed by atoms with E-state index in [0.717, 1.165) is 27.6 Å². The minimum atomic E-state index is 0.472. The number of aryl methyl sites for hydroxylation is 4. The van der Waals surface area contributed by atoms with Gasteiger partial charge in [-0.2, -0.15) is 0 Å². The van der Waals surface area contributed by atoms with Crippen molar-refractivity contribution in [3.8, 4) is 11.3 Å². The van der Waals surface area contributed by atoms with Gasteiger partial charge in [-0.05, 0) is 50.5 Å². The van der Waals surface area contributed by atoms with E-state index in [-0.39, 0.29) is 0 Å². The maximum Gasteiger partial charge on any atom is 0.159 e. The van der Waals surface area contributed by atoms with Gasteiger partial charge in [0.25, 0.3) is 0 Å². The van der Waals surface area contributed by atoms with Crippen molar-refractivity contribution in [3.05, 3.63) is 57.7 Å². The van der Waals surface area contributed by atoms with E-state index < -0.39 is 0 Å². The number of benzene rings is 2. The van der Waals surface area contributed by atoms with E-state index in [9.17, 15) is 0 Å². The fourth-order valence-electron chi connectivity index (χ4n) is 2.76. The summed E-state index contributed by atoms with van der Waals surface area (Å²) >= 11 is 6.29. The Hall–Kier alpha value is -1.93. The molecule has 2 nitrogen and oxygen atoms in total. The second-order valence-electron chi connectivity index (χ2n) is 5.61. The average molecular weight is 297 g/mol. The third-order valence-electron chi connectivity index (χ3n) is 3.95. The van der Waals surface area contributed by atoms with Crippen molar-refractivity contribution in [2.75, 3.05) is 0 Å². The van der Waals surface area contributed by atoms with Gasteiger partial charge in [-0.25, -0.2) is 0 Å². The molecule has 0 aliphatic rings. The number of hydrogen-bond acceptors (Lipinski definition) is 2. The minimum absolute atomic E-state index is 0.472. The summed E-state index contributed by atoms with van der Waals surface area (Å²) in [4.78, 5) is 0. The highest BCUT2D eigenvalue weighted by Gasteiger charge is 2.15. The summed E-state index contributed by atoms with van der Waals surface area (Å²) in [5.41, 5.74) is 6.74. The number of fused-ring (bicyclic) bond motifs is 1. The fraction of sp³-hybridized carbons (Fsp3) is 0.222. The van der Waals surface area contributed by atoms with Crippen LogP contribution in [0.1, 0.15) is 22.3 Å². The first kappa shape index (κ1) is 14.0. The molecule has 0 aliphatic heterocycles. The molecule has 2 aromatic carbocycles. The van der Waals surface area contributed by atoms with E-state index >= 15 is 0 Å². The highest BCUT2D eigenvalue weighted by Crippen LogP contribution is 2.35. The molecule has 0 fully saturated rings. The molecule has 0 saturated heterocycles. The molecule has 0 N–H and O–H groups in total. The second kappa shape index (κ2) is 5.12. The van der Waals surface area contributed by atoms with Gasteiger partial charge in [0.1, 0.15) is 5.69 Å². The van der Waals surface area contributed by atoms with Gasteiger partial charge in [-0.3, -0.25) is 0 Å². The summed E-state index contributed by atoms with van der Waals surface area (Å²) in [6.07, 6.45) is 0. The second-order valence-corrected chi connectivity index (χ2v) is 5.97. The molecular weight excluding hydrogens is 280 g/mol. The molecule has 0 amide bonds. The molecule has 1 aromatic heterocycles. The lowest BCUT2D eigenvalue weighted by Crippen LogP contribution is -1.97. The molecule has 0 saturated carbocycles. The van der Waals surface area contributed by atoms with Gasteiger partial charge in [0.2, 0.25) is 0 Å². The Morgan fingerprint density at radius 1 is 0.762 bits per heavy atom. The first-order valence-electron chi connectivity index (χ1n) is 6.98. The lowest BCUT2D eigenvalue weighted by molar-refractivity contribution is 1.05. The molecule has 0 bridgehead atoms. The van der Waals surface area contributed by atoms with Crippen LogP contribution in [0.3, 0.4) is 0 Å². The Kier molecular flexibility index (Phi) is 3.42. The first-order valence-corrected chi connectivity index (χ1v) is 7.36. The maximum absolute atomic E-state index is 6.29. The van der Waals surface area contributed by atoms with Crippen LogP contribution >= 0.6 is 11.6 Å². The Labute approximate surface area is 129 Å². The summed E-state index contributed by atoms with van der Waals surface area (Å²) in [5.74, 6) is 0. The molecule has 0 atom stereocenters. The van der Waals surface area contributed by atoms with Crippen LogP contribution in [-0.4, -0.2) is 10.2 Å². The maximum atomic E-state index is 6.29. The van der Waals surface area contributed by atoms with E-state index in [0.29, 0.717) is 5.15 Å². The largest absolute Gasteiger partial charge is 0.159 e. The average Bonchev–Trinajstić information content (AvgIpc) is 2.46.